The second-order valence-electron chi connectivity index (χ2n) is 9.37. The number of sulfonamides is 1. The standard InChI is InChI=1S/C31H29ClN4O5S/c1-22-3-11-26(12-4-22)34-31(38)21-41-28-15-7-24(8-16-28)19-33-35-30(37)20-36(27-13-9-25(32)10-14-27)42(39,40)29-17-5-23(2)6-18-29/h3-19H,20-21H2,1-2H3,(H,34,38)(H,35,37)/b33-19-. The van der Waals surface area contributed by atoms with E-state index in [-0.39, 0.29) is 23.1 Å². The highest BCUT2D eigenvalue weighted by Gasteiger charge is 2.27. The van der Waals surface area contributed by atoms with Gasteiger partial charge >= 0.3 is 0 Å². The molecule has 0 aromatic heterocycles. The minimum atomic E-state index is -4.06. The van der Waals surface area contributed by atoms with Gasteiger partial charge in [0, 0.05) is 10.7 Å². The summed E-state index contributed by atoms with van der Waals surface area (Å²) in [5, 5.41) is 7.15. The molecule has 0 fully saturated rings. The lowest BCUT2D eigenvalue weighted by Gasteiger charge is -2.23. The lowest BCUT2D eigenvalue weighted by atomic mass is 10.2. The Kier molecular flexibility index (Phi) is 9.95. The number of carbonyl (C=O) groups is 2. The van der Waals surface area contributed by atoms with Gasteiger partial charge in [-0.05, 0) is 92.2 Å². The summed E-state index contributed by atoms with van der Waals surface area (Å²) in [6.07, 6.45) is 1.41. The average molecular weight is 605 g/mol. The molecule has 4 rings (SSSR count). The third-order valence-corrected chi connectivity index (χ3v) is 8.04. The first kappa shape index (κ1) is 30.3. The molecule has 0 aliphatic rings. The number of carbonyl (C=O) groups excluding carboxylic acids is 2. The molecule has 2 amide bonds. The van der Waals surface area contributed by atoms with Gasteiger partial charge < -0.3 is 10.1 Å². The van der Waals surface area contributed by atoms with E-state index >= 15 is 0 Å². The van der Waals surface area contributed by atoms with Crippen LogP contribution in [0.25, 0.3) is 0 Å². The first-order chi connectivity index (χ1) is 20.1. The maximum Gasteiger partial charge on any atom is 0.264 e. The quantitative estimate of drug-likeness (QED) is 0.177. The van der Waals surface area contributed by atoms with Gasteiger partial charge in [0.15, 0.2) is 6.61 Å². The summed E-state index contributed by atoms with van der Waals surface area (Å²) in [6.45, 7) is 3.15. The smallest absolute Gasteiger partial charge is 0.264 e. The molecule has 0 bridgehead atoms. The number of hydrogen-bond donors (Lipinski definition) is 2. The molecular formula is C31H29ClN4O5S. The highest BCUT2D eigenvalue weighted by Crippen LogP contribution is 2.25. The van der Waals surface area contributed by atoms with Crippen LogP contribution in [0.5, 0.6) is 5.75 Å². The van der Waals surface area contributed by atoms with Crippen molar-refractivity contribution in [2.75, 3.05) is 22.8 Å². The molecule has 4 aromatic carbocycles. The third-order valence-electron chi connectivity index (χ3n) is 6.00. The van der Waals surface area contributed by atoms with Crippen molar-refractivity contribution in [2.24, 2.45) is 5.10 Å². The van der Waals surface area contributed by atoms with E-state index in [1.165, 1.54) is 30.5 Å². The van der Waals surface area contributed by atoms with E-state index in [1.807, 2.05) is 38.1 Å². The summed E-state index contributed by atoms with van der Waals surface area (Å²) in [7, 11) is -4.06. The molecule has 0 saturated heterocycles. The van der Waals surface area contributed by atoms with Gasteiger partial charge in [0.05, 0.1) is 16.8 Å². The molecule has 0 spiro atoms. The van der Waals surface area contributed by atoms with Gasteiger partial charge in [0.25, 0.3) is 21.8 Å². The second-order valence-corrected chi connectivity index (χ2v) is 11.7. The monoisotopic (exact) mass is 604 g/mol. The second kappa shape index (κ2) is 13.8. The van der Waals surface area contributed by atoms with Crippen molar-refractivity contribution in [1.29, 1.82) is 0 Å². The number of amides is 2. The van der Waals surface area contributed by atoms with E-state index in [4.69, 9.17) is 16.3 Å². The van der Waals surface area contributed by atoms with Crippen LogP contribution in [-0.2, 0) is 19.6 Å². The minimum Gasteiger partial charge on any atom is -0.484 e. The molecule has 0 atom stereocenters. The van der Waals surface area contributed by atoms with Gasteiger partial charge in [-0.25, -0.2) is 13.8 Å². The van der Waals surface area contributed by atoms with Gasteiger partial charge in [-0.3, -0.25) is 13.9 Å². The molecule has 42 heavy (non-hydrogen) atoms. The summed E-state index contributed by atoms with van der Waals surface area (Å²) < 4.78 is 33.4. The van der Waals surface area contributed by atoms with Crippen LogP contribution < -0.4 is 19.8 Å². The zero-order valence-electron chi connectivity index (χ0n) is 23.0. The van der Waals surface area contributed by atoms with Gasteiger partial charge in [0.2, 0.25) is 0 Å². The number of nitrogens with zero attached hydrogens (tertiary/aromatic N) is 2. The molecule has 0 saturated carbocycles. The van der Waals surface area contributed by atoms with Crippen LogP contribution in [0, 0.1) is 13.8 Å². The Morgan fingerprint density at radius 3 is 2.05 bits per heavy atom. The van der Waals surface area contributed by atoms with Gasteiger partial charge in [-0.1, -0.05) is 47.0 Å². The van der Waals surface area contributed by atoms with Crippen molar-refractivity contribution in [3.05, 3.63) is 119 Å². The summed E-state index contributed by atoms with van der Waals surface area (Å²) in [4.78, 5) is 24.9. The minimum absolute atomic E-state index is 0.0503. The normalized spacial score (nSPS) is 11.2. The lowest BCUT2D eigenvalue weighted by Crippen LogP contribution is -2.39. The predicted octanol–water partition coefficient (Wildman–Crippen LogP) is 5.32. The molecule has 9 nitrogen and oxygen atoms in total. The number of ether oxygens (including phenoxy) is 1. The van der Waals surface area contributed by atoms with Gasteiger partial charge in [-0.15, -0.1) is 0 Å². The Bertz CT molecular complexity index is 1660. The van der Waals surface area contributed by atoms with E-state index in [0.717, 1.165) is 15.4 Å². The first-order valence-electron chi connectivity index (χ1n) is 12.9. The number of halogens is 1. The Morgan fingerprint density at radius 1 is 0.833 bits per heavy atom. The Labute approximate surface area is 249 Å². The number of nitrogens with one attached hydrogen (secondary N) is 2. The van der Waals surface area contributed by atoms with E-state index in [1.54, 1.807) is 48.5 Å². The van der Waals surface area contributed by atoms with E-state index in [2.05, 4.69) is 15.8 Å². The Balaban J connectivity index is 1.34. The summed E-state index contributed by atoms with van der Waals surface area (Å²) in [5.74, 6) is -0.448. The summed E-state index contributed by atoms with van der Waals surface area (Å²) in [6, 6.07) is 26.7. The number of rotatable bonds is 11. The molecule has 11 heteroatoms. The molecule has 0 aliphatic carbocycles. The van der Waals surface area contributed by atoms with Crippen molar-refractivity contribution < 1.29 is 22.7 Å². The maximum atomic E-state index is 13.4. The Hall–Kier alpha value is -4.67. The van der Waals surface area contributed by atoms with Crippen molar-refractivity contribution in [3.8, 4) is 5.75 Å². The predicted molar refractivity (Wildman–Crippen MR) is 165 cm³/mol. The van der Waals surface area contributed by atoms with Crippen LogP contribution in [0.4, 0.5) is 11.4 Å². The molecular weight excluding hydrogens is 576 g/mol. The lowest BCUT2D eigenvalue weighted by molar-refractivity contribution is -0.119. The van der Waals surface area contributed by atoms with Gasteiger partial charge in [-0.2, -0.15) is 5.10 Å². The third kappa shape index (κ3) is 8.42. The first-order valence-corrected chi connectivity index (χ1v) is 14.7. The number of hydrazone groups is 1. The van der Waals surface area contributed by atoms with Crippen LogP contribution in [0.2, 0.25) is 5.02 Å². The van der Waals surface area contributed by atoms with Crippen LogP contribution >= 0.6 is 11.6 Å². The van der Waals surface area contributed by atoms with Crippen molar-refractivity contribution in [1.82, 2.24) is 5.43 Å². The van der Waals surface area contributed by atoms with Crippen LogP contribution in [-0.4, -0.2) is 39.6 Å². The number of hydrogen-bond acceptors (Lipinski definition) is 6. The number of aryl methyl sites for hydroxylation is 2. The SMILES string of the molecule is Cc1ccc(NC(=O)COc2ccc(/C=N\NC(=O)CN(c3ccc(Cl)cc3)S(=O)(=O)c3ccc(C)cc3)cc2)cc1. The van der Waals surface area contributed by atoms with Crippen LogP contribution in [0.1, 0.15) is 16.7 Å². The largest absolute Gasteiger partial charge is 0.484 e. The highest BCUT2D eigenvalue weighted by atomic mass is 35.5. The van der Waals surface area contributed by atoms with Crippen molar-refractivity contribution in [3.63, 3.8) is 0 Å². The summed E-state index contributed by atoms with van der Waals surface area (Å²) in [5.41, 5.74) is 5.99. The molecule has 216 valence electrons. The van der Waals surface area contributed by atoms with E-state index in [0.29, 0.717) is 22.0 Å². The van der Waals surface area contributed by atoms with Crippen molar-refractivity contribution >= 4 is 51.0 Å². The van der Waals surface area contributed by atoms with Crippen LogP contribution in [0.3, 0.4) is 0 Å². The fraction of sp³-hybridized carbons (Fsp3) is 0.129. The zero-order valence-corrected chi connectivity index (χ0v) is 24.5. The number of anilines is 2. The topological polar surface area (TPSA) is 117 Å². The average Bonchev–Trinajstić information content (AvgIpc) is 2.97. The molecule has 0 unspecified atom stereocenters. The summed E-state index contributed by atoms with van der Waals surface area (Å²) >= 11 is 5.98. The molecule has 0 aliphatic heterocycles. The highest BCUT2D eigenvalue weighted by molar-refractivity contribution is 7.92. The fourth-order valence-corrected chi connectivity index (χ4v) is 5.28. The van der Waals surface area contributed by atoms with E-state index < -0.39 is 22.5 Å². The zero-order chi connectivity index (χ0) is 30.1. The molecule has 0 heterocycles. The molecule has 2 N–H and O–H groups in total. The van der Waals surface area contributed by atoms with Crippen molar-refractivity contribution in [2.45, 2.75) is 18.7 Å². The fourth-order valence-electron chi connectivity index (χ4n) is 3.74. The Morgan fingerprint density at radius 2 is 1.43 bits per heavy atom. The van der Waals surface area contributed by atoms with E-state index in [9.17, 15) is 18.0 Å². The molecule has 0 radical (unpaired) electrons. The maximum absolute atomic E-state index is 13.4. The molecule has 4 aromatic rings. The number of benzene rings is 4. The van der Waals surface area contributed by atoms with Crippen LogP contribution in [0.15, 0.2) is 107 Å². The van der Waals surface area contributed by atoms with Gasteiger partial charge in [0.1, 0.15) is 12.3 Å².